The lowest BCUT2D eigenvalue weighted by atomic mass is 10.0. The first-order chi connectivity index (χ1) is 13.7. The SMILES string of the molecule is C/C(=N\NC(=O)Cn1nnc2ccccc21)c1ccc(-c2ccccc2)cc1. The van der Waals surface area contributed by atoms with Crippen molar-refractivity contribution in [1.82, 2.24) is 20.4 Å². The smallest absolute Gasteiger partial charge is 0.261 e. The van der Waals surface area contributed by atoms with E-state index < -0.39 is 0 Å². The lowest BCUT2D eigenvalue weighted by Crippen LogP contribution is -2.24. The van der Waals surface area contributed by atoms with Crippen LogP contribution in [0.15, 0.2) is 84.0 Å². The Hall–Kier alpha value is -3.80. The first-order valence-electron chi connectivity index (χ1n) is 8.98. The number of benzene rings is 3. The maximum atomic E-state index is 12.2. The molecule has 0 atom stereocenters. The molecule has 0 fully saturated rings. The van der Waals surface area contributed by atoms with Gasteiger partial charge in [-0.1, -0.05) is 71.9 Å². The van der Waals surface area contributed by atoms with Gasteiger partial charge in [0, 0.05) is 0 Å². The lowest BCUT2D eigenvalue weighted by molar-refractivity contribution is -0.121. The van der Waals surface area contributed by atoms with Crippen LogP contribution in [0.3, 0.4) is 0 Å². The minimum absolute atomic E-state index is 0.0598. The van der Waals surface area contributed by atoms with Crippen LogP contribution in [0, 0.1) is 0 Å². The maximum absolute atomic E-state index is 12.2. The highest BCUT2D eigenvalue weighted by atomic mass is 16.2. The van der Waals surface area contributed by atoms with Gasteiger partial charge in [-0.25, -0.2) is 10.1 Å². The van der Waals surface area contributed by atoms with Crippen molar-refractivity contribution in [2.24, 2.45) is 5.10 Å². The van der Waals surface area contributed by atoms with Crippen LogP contribution in [0.5, 0.6) is 0 Å². The van der Waals surface area contributed by atoms with Gasteiger partial charge in [0.2, 0.25) is 0 Å². The van der Waals surface area contributed by atoms with Crippen LogP contribution in [-0.4, -0.2) is 26.6 Å². The van der Waals surface area contributed by atoms with Crippen LogP contribution >= 0.6 is 0 Å². The number of hydrogen-bond acceptors (Lipinski definition) is 4. The normalized spacial score (nSPS) is 11.5. The summed E-state index contributed by atoms with van der Waals surface area (Å²) >= 11 is 0. The predicted molar refractivity (Wildman–Crippen MR) is 110 cm³/mol. The van der Waals surface area contributed by atoms with Crippen LogP contribution in [-0.2, 0) is 11.3 Å². The van der Waals surface area contributed by atoms with Crippen LogP contribution in [0.4, 0.5) is 0 Å². The average Bonchev–Trinajstić information content (AvgIpc) is 3.15. The molecule has 3 aromatic carbocycles. The van der Waals surface area contributed by atoms with Gasteiger partial charge in [0.25, 0.3) is 5.91 Å². The van der Waals surface area contributed by atoms with E-state index in [1.165, 1.54) is 0 Å². The quantitative estimate of drug-likeness (QED) is 0.431. The van der Waals surface area contributed by atoms with E-state index in [4.69, 9.17) is 0 Å². The molecule has 0 spiro atoms. The zero-order valence-electron chi connectivity index (χ0n) is 15.4. The molecule has 6 nitrogen and oxygen atoms in total. The number of nitrogens with zero attached hydrogens (tertiary/aromatic N) is 4. The second kappa shape index (κ2) is 7.84. The molecule has 0 saturated carbocycles. The number of hydrazone groups is 1. The molecule has 28 heavy (non-hydrogen) atoms. The van der Waals surface area contributed by atoms with Gasteiger partial charge in [-0.15, -0.1) is 5.10 Å². The van der Waals surface area contributed by atoms with Crippen molar-refractivity contribution in [2.45, 2.75) is 13.5 Å². The van der Waals surface area contributed by atoms with Gasteiger partial charge < -0.3 is 0 Å². The molecule has 0 aliphatic rings. The Balaban J connectivity index is 1.42. The molecule has 0 saturated heterocycles. The fourth-order valence-electron chi connectivity index (χ4n) is 2.95. The Bertz CT molecular complexity index is 1130. The highest BCUT2D eigenvalue weighted by Gasteiger charge is 2.08. The molecule has 0 aliphatic carbocycles. The summed E-state index contributed by atoms with van der Waals surface area (Å²) in [6.45, 7) is 1.92. The molecule has 1 heterocycles. The second-order valence-corrected chi connectivity index (χ2v) is 6.41. The summed E-state index contributed by atoms with van der Waals surface area (Å²) in [5.41, 5.74) is 8.15. The zero-order valence-corrected chi connectivity index (χ0v) is 15.4. The van der Waals surface area contributed by atoms with Gasteiger partial charge in [-0.2, -0.15) is 5.10 Å². The largest absolute Gasteiger partial charge is 0.271 e. The topological polar surface area (TPSA) is 72.2 Å². The van der Waals surface area contributed by atoms with E-state index in [-0.39, 0.29) is 12.5 Å². The summed E-state index contributed by atoms with van der Waals surface area (Å²) in [5, 5.41) is 12.3. The van der Waals surface area contributed by atoms with E-state index in [2.05, 4.69) is 33.0 Å². The lowest BCUT2D eigenvalue weighted by Gasteiger charge is -2.06. The summed E-state index contributed by atoms with van der Waals surface area (Å²) in [7, 11) is 0. The fraction of sp³-hybridized carbons (Fsp3) is 0.0909. The summed E-state index contributed by atoms with van der Waals surface area (Å²) in [6, 6.07) is 25.8. The molecule has 0 bridgehead atoms. The molecule has 1 aromatic heterocycles. The summed E-state index contributed by atoms with van der Waals surface area (Å²) in [4.78, 5) is 12.2. The van der Waals surface area contributed by atoms with E-state index in [0.29, 0.717) is 0 Å². The molecular weight excluding hydrogens is 350 g/mol. The number of hydrogen-bond donors (Lipinski definition) is 1. The predicted octanol–water partition coefficient (Wildman–Crippen LogP) is 3.64. The molecule has 138 valence electrons. The van der Waals surface area contributed by atoms with Crippen molar-refractivity contribution in [1.29, 1.82) is 0 Å². The van der Waals surface area contributed by atoms with Gasteiger partial charge in [-0.3, -0.25) is 4.79 Å². The number of para-hydroxylation sites is 1. The Morgan fingerprint density at radius 3 is 2.39 bits per heavy atom. The van der Waals surface area contributed by atoms with Gasteiger partial charge in [0.1, 0.15) is 12.1 Å². The number of fused-ring (bicyclic) bond motifs is 1. The molecular formula is C22H19N5O. The van der Waals surface area contributed by atoms with Crippen molar-refractivity contribution in [3.05, 3.63) is 84.4 Å². The number of rotatable bonds is 5. The van der Waals surface area contributed by atoms with Gasteiger partial charge in [0.05, 0.1) is 11.2 Å². The Kier molecular flexibility index (Phi) is 4.93. The number of carbonyl (C=O) groups excluding carboxylic acids is 1. The monoisotopic (exact) mass is 369 g/mol. The van der Waals surface area contributed by atoms with Crippen molar-refractivity contribution < 1.29 is 4.79 Å². The highest BCUT2D eigenvalue weighted by molar-refractivity contribution is 5.99. The molecule has 1 amide bonds. The number of amides is 1. The first-order valence-corrected chi connectivity index (χ1v) is 8.98. The molecule has 0 aliphatic heterocycles. The molecule has 0 radical (unpaired) electrons. The maximum Gasteiger partial charge on any atom is 0.261 e. The van der Waals surface area contributed by atoms with E-state index in [1.807, 2.05) is 73.7 Å². The summed E-state index contributed by atoms with van der Waals surface area (Å²) in [6.07, 6.45) is 0. The van der Waals surface area contributed by atoms with Gasteiger partial charge in [-0.05, 0) is 35.7 Å². The second-order valence-electron chi connectivity index (χ2n) is 6.41. The minimum atomic E-state index is -0.254. The van der Waals surface area contributed by atoms with Gasteiger partial charge in [0.15, 0.2) is 0 Å². The van der Waals surface area contributed by atoms with Crippen LogP contribution in [0.2, 0.25) is 0 Å². The van der Waals surface area contributed by atoms with Crippen molar-refractivity contribution in [3.8, 4) is 11.1 Å². The van der Waals surface area contributed by atoms with Crippen molar-refractivity contribution >= 4 is 22.7 Å². The Morgan fingerprint density at radius 2 is 1.61 bits per heavy atom. The third-order valence-electron chi connectivity index (χ3n) is 4.47. The molecule has 6 heteroatoms. The van der Waals surface area contributed by atoms with E-state index in [9.17, 15) is 4.79 Å². The Morgan fingerprint density at radius 1 is 0.929 bits per heavy atom. The van der Waals surface area contributed by atoms with E-state index >= 15 is 0 Å². The summed E-state index contributed by atoms with van der Waals surface area (Å²) in [5.74, 6) is -0.254. The number of aromatic nitrogens is 3. The average molecular weight is 369 g/mol. The van der Waals surface area contributed by atoms with E-state index in [1.54, 1.807) is 4.68 Å². The number of carbonyl (C=O) groups is 1. The van der Waals surface area contributed by atoms with E-state index in [0.717, 1.165) is 33.4 Å². The third kappa shape index (κ3) is 3.81. The first kappa shape index (κ1) is 17.6. The number of nitrogens with one attached hydrogen (secondary N) is 1. The Labute approximate surface area is 162 Å². The minimum Gasteiger partial charge on any atom is -0.271 e. The highest BCUT2D eigenvalue weighted by Crippen LogP contribution is 2.19. The molecule has 4 rings (SSSR count). The van der Waals surface area contributed by atoms with Crippen molar-refractivity contribution in [2.75, 3.05) is 0 Å². The van der Waals surface area contributed by atoms with Crippen LogP contribution in [0.1, 0.15) is 12.5 Å². The molecule has 1 N–H and O–H groups in total. The van der Waals surface area contributed by atoms with Crippen LogP contribution in [0.25, 0.3) is 22.2 Å². The third-order valence-corrected chi connectivity index (χ3v) is 4.47. The standard InChI is InChI=1S/C22H19N5O/c1-16(17-11-13-19(14-12-17)18-7-3-2-4-8-18)23-25-22(28)15-27-21-10-6-5-9-20(21)24-26-27/h2-14H,15H2,1H3,(H,25,28)/b23-16+. The summed E-state index contributed by atoms with van der Waals surface area (Å²) < 4.78 is 1.56. The van der Waals surface area contributed by atoms with Gasteiger partial charge >= 0.3 is 0 Å². The zero-order chi connectivity index (χ0) is 19.3. The molecule has 0 unspecified atom stereocenters. The van der Waals surface area contributed by atoms with Crippen LogP contribution < -0.4 is 5.43 Å². The van der Waals surface area contributed by atoms with Crippen molar-refractivity contribution in [3.63, 3.8) is 0 Å². The molecule has 4 aromatic rings. The fourth-order valence-corrected chi connectivity index (χ4v) is 2.95.